The topological polar surface area (TPSA) is 121 Å². The van der Waals surface area contributed by atoms with Crippen molar-refractivity contribution in [2.24, 2.45) is 11.7 Å². The van der Waals surface area contributed by atoms with E-state index in [-0.39, 0.29) is 35.6 Å². The standard InChI is InChI=1S/C22H35N3O5/c1-5-7-9-17(10-8-6-2)30-22(28)16-11-18(29-14-15(3)4)20(24-13-16)21(27)25-19(26)12-23/h11,13,15,17H,5-10,12,14,23H2,1-4H3,(H,25,26,27). The first-order valence-electron chi connectivity index (χ1n) is 10.7. The highest BCUT2D eigenvalue weighted by Gasteiger charge is 2.22. The molecule has 0 radical (unpaired) electrons. The summed E-state index contributed by atoms with van der Waals surface area (Å²) in [5.41, 5.74) is 5.36. The molecule has 1 aromatic heterocycles. The average Bonchev–Trinajstić information content (AvgIpc) is 2.73. The smallest absolute Gasteiger partial charge is 0.340 e. The zero-order chi connectivity index (χ0) is 22.5. The van der Waals surface area contributed by atoms with Crippen LogP contribution < -0.4 is 15.8 Å². The molecular formula is C22H35N3O5. The van der Waals surface area contributed by atoms with Crippen LogP contribution in [0.4, 0.5) is 0 Å². The van der Waals surface area contributed by atoms with Crippen molar-refractivity contribution >= 4 is 17.8 Å². The number of ether oxygens (including phenoxy) is 2. The summed E-state index contributed by atoms with van der Waals surface area (Å²) in [7, 11) is 0. The molecule has 2 amide bonds. The van der Waals surface area contributed by atoms with Crippen LogP contribution in [-0.2, 0) is 9.53 Å². The molecule has 8 nitrogen and oxygen atoms in total. The first kappa shape index (κ1) is 25.6. The molecule has 0 spiro atoms. The summed E-state index contributed by atoms with van der Waals surface area (Å²) in [5.74, 6) is -1.55. The van der Waals surface area contributed by atoms with Gasteiger partial charge < -0.3 is 15.2 Å². The van der Waals surface area contributed by atoms with Crippen molar-refractivity contribution < 1.29 is 23.9 Å². The molecule has 0 aromatic carbocycles. The largest absolute Gasteiger partial charge is 0.491 e. The Bertz CT molecular complexity index is 698. The van der Waals surface area contributed by atoms with E-state index in [1.54, 1.807) is 0 Å². The molecule has 0 saturated carbocycles. The van der Waals surface area contributed by atoms with E-state index in [0.717, 1.165) is 38.5 Å². The van der Waals surface area contributed by atoms with Crippen LogP contribution in [0.25, 0.3) is 0 Å². The third-order valence-corrected chi connectivity index (χ3v) is 4.35. The number of nitrogens with two attached hydrogens (primary N) is 1. The lowest BCUT2D eigenvalue weighted by Gasteiger charge is -2.18. The number of carbonyl (C=O) groups is 3. The Morgan fingerprint density at radius 1 is 1.13 bits per heavy atom. The highest BCUT2D eigenvalue weighted by molar-refractivity contribution is 6.06. The fraction of sp³-hybridized carbons (Fsp3) is 0.636. The van der Waals surface area contributed by atoms with E-state index in [4.69, 9.17) is 15.2 Å². The van der Waals surface area contributed by atoms with E-state index in [9.17, 15) is 14.4 Å². The summed E-state index contributed by atoms with van der Waals surface area (Å²) in [6.45, 7) is 8.10. The van der Waals surface area contributed by atoms with Gasteiger partial charge in [-0.05, 0) is 24.8 Å². The SMILES string of the molecule is CCCCC(CCCC)OC(=O)c1cnc(C(=O)NC(=O)CN)c(OCC(C)C)c1. The van der Waals surface area contributed by atoms with E-state index in [0.29, 0.717) is 6.61 Å². The van der Waals surface area contributed by atoms with Crippen molar-refractivity contribution in [3.63, 3.8) is 0 Å². The maximum Gasteiger partial charge on any atom is 0.340 e. The third kappa shape index (κ3) is 8.90. The molecule has 0 bridgehead atoms. The van der Waals surface area contributed by atoms with E-state index in [2.05, 4.69) is 24.1 Å². The van der Waals surface area contributed by atoms with Crippen LogP contribution in [0.15, 0.2) is 12.3 Å². The molecule has 1 rings (SSSR count). The molecule has 0 aliphatic heterocycles. The Morgan fingerprint density at radius 2 is 1.77 bits per heavy atom. The molecule has 0 saturated heterocycles. The number of hydrogen-bond donors (Lipinski definition) is 2. The number of imide groups is 1. The molecule has 168 valence electrons. The molecule has 0 fully saturated rings. The number of esters is 1. The van der Waals surface area contributed by atoms with Gasteiger partial charge in [0.1, 0.15) is 6.10 Å². The van der Waals surface area contributed by atoms with Crippen LogP contribution in [0.2, 0.25) is 0 Å². The second kappa shape index (κ2) is 13.7. The van der Waals surface area contributed by atoms with Crippen LogP contribution in [0.3, 0.4) is 0 Å². The monoisotopic (exact) mass is 421 g/mol. The molecule has 0 aliphatic carbocycles. The second-order valence-corrected chi connectivity index (χ2v) is 7.67. The second-order valence-electron chi connectivity index (χ2n) is 7.67. The van der Waals surface area contributed by atoms with Crippen molar-refractivity contribution in [2.45, 2.75) is 72.3 Å². The first-order chi connectivity index (χ1) is 14.3. The number of rotatable bonds is 13. The lowest BCUT2D eigenvalue weighted by atomic mass is 10.1. The summed E-state index contributed by atoms with van der Waals surface area (Å²) in [6.07, 6.45) is 6.77. The number of aromatic nitrogens is 1. The van der Waals surface area contributed by atoms with Gasteiger partial charge in [0, 0.05) is 6.20 Å². The van der Waals surface area contributed by atoms with Gasteiger partial charge >= 0.3 is 5.97 Å². The molecule has 0 atom stereocenters. The van der Waals surface area contributed by atoms with Gasteiger partial charge in [0.05, 0.1) is 18.7 Å². The number of nitrogens with one attached hydrogen (secondary N) is 1. The van der Waals surface area contributed by atoms with Crippen molar-refractivity contribution in [2.75, 3.05) is 13.2 Å². The number of unbranched alkanes of at least 4 members (excludes halogenated alkanes) is 2. The molecule has 1 aromatic rings. The first-order valence-corrected chi connectivity index (χ1v) is 10.7. The summed E-state index contributed by atoms with van der Waals surface area (Å²) in [5, 5.41) is 2.14. The average molecular weight is 422 g/mol. The van der Waals surface area contributed by atoms with Crippen LogP contribution in [0, 0.1) is 5.92 Å². The van der Waals surface area contributed by atoms with Crippen LogP contribution in [-0.4, -0.2) is 42.0 Å². The van der Waals surface area contributed by atoms with Crippen molar-refractivity contribution in [1.82, 2.24) is 10.3 Å². The van der Waals surface area contributed by atoms with Gasteiger partial charge in [-0.25, -0.2) is 9.78 Å². The summed E-state index contributed by atoms with van der Waals surface area (Å²) in [6, 6.07) is 1.44. The predicted octanol–water partition coefficient (Wildman–Crippen LogP) is 3.24. The lowest BCUT2D eigenvalue weighted by Crippen LogP contribution is -2.36. The van der Waals surface area contributed by atoms with Crippen molar-refractivity contribution in [3.8, 4) is 5.75 Å². The molecule has 0 aliphatic rings. The van der Waals surface area contributed by atoms with Gasteiger partial charge in [-0.15, -0.1) is 0 Å². The van der Waals surface area contributed by atoms with Crippen LogP contribution >= 0.6 is 0 Å². The Hall–Kier alpha value is -2.48. The predicted molar refractivity (Wildman–Crippen MR) is 114 cm³/mol. The Labute approximate surface area is 178 Å². The number of hydrogen-bond acceptors (Lipinski definition) is 7. The minimum absolute atomic E-state index is 0.0810. The number of amides is 2. The third-order valence-electron chi connectivity index (χ3n) is 4.35. The van der Waals surface area contributed by atoms with Gasteiger partial charge in [-0.2, -0.15) is 0 Å². The Morgan fingerprint density at radius 3 is 2.30 bits per heavy atom. The Balaban J connectivity index is 3.04. The highest BCUT2D eigenvalue weighted by atomic mass is 16.5. The van der Waals surface area contributed by atoms with Gasteiger partial charge in [0.25, 0.3) is 5.91 Å². The minimum Gasteiger partial charge on any atom is -0.491 e. The molecular weight excluding hydrogens is 386 g/mol. The van der Waals surface area contributed by atoms with Crippen LogP contribution in [0.1, 0.15) is 87.1 Å². The van der Waals surface area contributed by atoms with E-state index < -0.39 is 17.8 Å². The zero-order valence-electron chi connectivity index (χ0n) is 18.5. The highest BCUT2D eigenvalue weighted by Crippen LogP contribution is 2.21. The fourth-order valence-corrected chi connectivity index (χ4v) is 2.68. The van der Waals surface area contributed by atoms with Gasteiger partial charge in [-0.1, -0.05) is 53.4 Å². The maximum atomic E-state index is 12.7. The maximum absolute atomic E-state index is 12.7. The van der Waals surface area contributed by atoms with Crippen molar-refractivity contribution in [3.05, 3.63) is 23.5 Å². The quantitative estimate of drug-likeness (QED) is 0.469. The molecule has 1 heterocycles. The normalized spacial score (nSPS) is 10.9. The molecule has 8 heteroatoms. The number of pyridine rings is 1. The summed E-state index contributed by atoms with van der Waals surface area (Å²) < 4.78 is 11.4. The summed E-state index contributed by atoms with van der Waals surface area (Å²) in [4.78, 5) is 40.5. The number of nitrogens with zero attached hydrogens (tertiary/aromatic N) is 1. The summed E-state index contributed by atoms with van der Waals surface area (Å²) >= 11 is 0. The van der Waals surface area contributed by atoms with E-state index in [1.165, 1.54) is 12.3 Å². The van der Waals surface area contributed by atoms with Gasteiger partial charge in [-0.3, -0.25) is 14.9 Å². The number of carbonyl (C=O) groups excluding carboxylic acids is 3. The van der Waals surface area contributed by atoms with Crippen LogP contribution in [0.5, 0.6) is 5.75 Å². The zero-order valence-corrected chi connectivity index (χ0v) is 18.5. The minimum atomic E-state index is -0.729. The fourth-order valence-electron chi connectivity index (χ4n) is 2.68. The van der Waals surface area contributed by atoms with Crippen molar-refractivity contribution in [1.29, 1.82) is 0 Å². The van der Waals surface area contributed by atoms with Gasteiger partial charge in [0.2, 0.25) is 5.91 Å². The van der Waals surface area contributed by atoms with E-state index >= 15 is 0 Å². The molecule has 30 heavy (non-hydrogen) atoms. The lowest BCUT2D eigenvalue weighted by molar-refractivity contribution is -0.118. The Kier molecular flexibility index (Phi) is 11.7. The molecule has 3 N–H and O–H groups in total. The molecule has 0 unspecified atom stereocenters. The van der Waals surface area contributed by atoms with Gasteiger partial charge in [0.15, 0.2) is 11.4 Å². The van der Waals surface area contributed by atoms with E-state index in [1.807, 2.05) is 13.8 Å².